The number of nitrogens with zero attached hydrogens (tertiary/aromatic N) is 1. The van der Waals surface area contributed by atoms with E-state index in [0.717, 1.165) is 12.1 Å². The minimum absolute atomic E-state index is 0.518. The van der Waals surface area contributed by atoms with Gasteiger partial charge in [0, 0.05) is 25.7 Å². The predicted molar refractivity (Wildman–Crippen MR) is 71.3 cm³/mol. The number of rotatable bonds is 5. The van der Waals surface area contributed by atoms with Crippen molar-refractivity contribution in [2.24, 2.45) is 0 Å². The molecule has 2 rings (SSSR count). The van der Waals surface area contributed by atoms with Gasteiger partial charge >= 0.3 is 0 Å². The van der Waals surface area contributed by atoms with Gasteiger partial charge in [-0.2, -0.15) is 0 Å². The Bertz CT molecular complexity index is 222. The van der Waals surface area contributed by atoms with Gasteiger partial charge < -0.3 is 10.1 Å². The number of hydrogen-bond acceptors (Lipinski definition) is 3. The summed E-state index contributed by atoms with van der Waals surface area (Å²) >= 11 is 0. The van der Waals surface area contributed by atoms with Crippen LogP contribution in [0, 0.1) is 0 Å². The lowest BCUT2D eigenvalue weighted by atomic mass is 10.0. The maximum Gasteiger partial charge on any atom is 0.0586 e. The maximum atomic E-state index is 5.48. The lowest BCUT2D eigenvalue weighted by Gasteiger charge is -2.37. The molecule has 100 valence electrons. The molecule has 2 fully saturated rings. The Morgan fingerprint density at radius 1 is 1.29 bits per heavy atom. The molecule has 1 heterocycles. The van der Waals surface area contributed by atoms with Gasteiger partial charge in [-0.05, 0) is 51.6 Å². The van der Waals surface area contributed by atoms with E-state index in [4.69, 9.17) is 4.74 Å². The van der Waals surface area contributed by atoms with Crippen molar-refractivity contribution in [2.75, 3.05) is 26.7 Å². The van der Waals surface area contributed by atoms with Crippen molar-refractivity contribution >= 4 is 0 Å². The van der Waals surface area contributed by atoms with Crippen molar-refractivity contribution < 1.29 is 4.74 Å². The summed E-state index contributed by atoms with van der Waals surface area (Å²) in [5.74, 6) is 0. The van der Waals surface area contributed by atoms with E-state index in [9.17, 15) is 0 Å². The van der Waals surface area contributed by atoms with Gasteiger partial charge in [-0.3, -0.25) is 4.90 Å². The predicted octanol–water partition coefficient (Wildman–Crippen LogP) is 2.02. The number of nitrogens with one attached hydrogen (secondary N) is 1. The number of ether oxygens (including phenoxy) is 1. The lowest BCUT2D eigenvalue weighted by molar-refractivity contribution is 0.0879. The molecule has 3 nitrogen and oxygen atoms in total. The zero-order valence-corrected chi connectivity index (χ0v) is 11.5. The van der Waals surface area contributed by atoms with E-state index in [0.29, 0.717) is 6.10 Å². The van der Waals surface area contributed by atoms with Crippen LogP contribution in [0.3, 0.4) is 0 Å². The van der Waals surface area contributed by atoms with Crippen molar-refractivity contribution in [2.45, 2.75) is 63.6 Å². The van der Waals surface area contributed by atoms with Crippen molar-refractivity contribution in [1.29, 1.82) is 0 Å². The van der Waals surface area contributed by atoms with E-state index in [1.54, 1.807) is 0 Å². The Morgan fingerprint density at radius 3 is 2.88 bits per heavy atom. The summed E-state index contributed by atoms with van der Waals surface area (Å²) in [7, 11) is 1.86. The van der Waals surface area contributed by atoms with Crippen molar-refractivity contribution in [3.8, 4) is 0 Å². The molecule has 0 spiro atoms. The molecule has 2 aliphatic rings. The summed E-state index contributed by atoms with van der Waals surface area (Å²) in [6.45, 7) is 5.96. The quantitative estimate of drug-likeness (QED) is 0.795. The third-order valence-electron chi connectivity index (χ3n) is 4.34. The molecule has 0 radical (unpaired) electrons. The molecule has 1 aliphatic carbocycles. The Balaban J connectivity index is 1.77. The fourth-order valence-electron chi connectivity index (χ4n) is 3.32. The van der Waals surface area contributed by atoms with Crippen LogP contribution in [0.2, 0.25) is 0 Å². The van der Waals surface area contributed by atoms with E-state index in [2.05, 4.69) is 17.1 Å². The van der Waals surface area contributed by atoms with Crippen molar-refractivity contribution in [1.82, 2.24) is 10.2 Å². The molecule has 1 saturated heterocycles. The zero-order chi connectivity index (χ0) is 12.1. The first-order chi connectivity index (χ1) is 8.33. The standard InChI is InChI=1S/C14H28N2O/c1-3-8-15-12-5-4-9-16(11-12)13-6-7-14(10-13)17-2/h12-15H,3-11H2,1-2H3. The van der Waals surface area contributed by atoms with Crippen LogP contribution < -0.4 is 5.32 Å². The second kappa shape index (κ2) is 6.72. The highest BCUT2D eigenvalue weighted by molar-refractivity contribution is 4.88. The molecule has 0 aromatic carbocycles. The minimum Gasteiger partial charge on any atom is -0.381 e. The van der Waals surface area contributed by atoms with E-state index in [1.807, 2.05) is 7.11 Å². The van der Waals surface area contributed by atoms with E-state index in [-0.39, 0.29) is 0 Å². The molecule has 0 bridgehead atoms. The molecule has 0 aromatic heterocycles. The second-order valence-electron chi connectivity index (χ2n) is 5.61. The van der Waals surface area contributed by atoms with Gasteiger partial charge in [-0.15, -0.1) is 0 Å². The summed E-state index contributed by atoms with van der Waals surface area (Å²) < 4.78 is 5.48. The normalized spacial score (nSPS) is 35.3. The van der Waals surface area contributed by atoms with Gasteiger partial charge in [-0.1, -0.05) is 6.92 Å². The number of piperidine rings is 1. The van der Waals surface area contributed by atoms with Crippen LogP contribution in [0.15, 0.2) is 0 Å². The third-order valence-corrected chi connectivity index (χ3v) is 4.34. The van der Waals surface area contributed by atoms with Crippen LogP contribution in [-0.4, -0.2) is 49.8 Å². The first-order valence-electron chi connectivity index (χ1n) is 7.33. The molecular formula is C14H28N2O. The lowest BCUT2D eigenvalue weighted by Crippen LogP contribution is -2.49. The van der Waals surface area contributed by atoms with E-state index >= 15 is 0 Å². The van der Waals surface area contributed by atoms with Crippen LogP contribution in [0.4, 0.5) is 0 Å². The van der Waals surface area contributed by atoms with Crippen LogP contribution in [0.1, 0.15) is 45.4 Å². The average molecular weight is 240 g/mol. The minimum atomic E-state index is 0.518. The van der Waals surface area contributed by atoms with Crippen molar-refractivity contribution in [3.63, 3.8) is 0 Å². The molecule has 17 heavy (non-hydrogen) atoms. The van der Waals surface area contributed by atoms with Crippen LogP contribution in [-0.2, 0) is 4.74 Å². The van der Waals surface area contributed by atoms with E-state index < -0.39 is 0 Å². The summed E-state index contributed by atoms with van der Waals surface area (Å²) in [4.78, 5) is 2.70. The fraction of sp³-hybridized carbons (Fsp3) is 1.00. The molecule has 0 amide bonds. The molecule has 3 unspecified atom stereocenters. The van der Waals surface area contributed by atoms with Gasteiger partial charge in [0.1, 0.15) is 0 Å². The van der Waals surface area contributed by atoms with Gasteiger partial charge in [0.05, 0.1) is 6.10 Å². The second-order valence-corrected chi connectivity index (χ2v) is 5.61. The smallest absolute Gasteiger partial charge is 0.0586 e. The monoisotopic (exact) mass is 240 g/mol. The van der Waals surface area contributed by atoms with Gasteiger partial charge in [0.15, 0.2) is 0 Å². The molecule has 3 heteroatoms. The number of likely N-dealkylation sites (tertiary alicyclic amines) is 1. The Morgan fingerprint density at radius 2 is 2.18 bits per heavy atom. The largest absolute Gasteiger partial charge is 0.381 e. The SMILES string of the molecule is CCCNC1CCCN(C2CCC(OC)C2)C1. The Kier molecular flexibility index (Phi) is 5.26. The maximum absolute atomic E-state index is 5.48. The van der Waals surface area contributed by atoms with Crippen LogP contribution >= 0.6 is 0 Å². The highest BCUT2D eigenvalue weighted by atomic mass is 16.5. The zero-order valence-electron chi connectivity index (χ0n) is 11.5. The molecule has 0 aromatic rings. The highest BCUT2D eigenvalue weighted by Gasteiger charge is 2.31. The van der Waals surface area contributed by atoms with Crippen LogP contribution in [0.25, 0.3) is 0 Å². The first kappa shape index (κ1) is 13.3. The van der Waals surface area contributed by atoms with Gasteiger partial charge in [0.2, 0.25) is 0 Å². The van der Waals surface area contributed by atoms with Crippen LogP contribution in [0.5, 0.6) is 0 Å². The molecule has 1 N–H and O–H groups in total. The topological polar surface area (TPSA) is 24.5 Å². The summed E-state index contributed by atoms with van der Waals surface area (Å²) in [6.07, 6.45) is 8.31. The highest BCUT2D eigenvalue weighted by Crippen LogP contribution is 2.28. The van der Waals surface area contributed by atoms with Gasteiger partial charge in [-0.25, -0.2) is 0 Å². The fourth-order valence-corrected chi connectivity index (χ4v) is 3.32. The summed E-state index contributed by atoms with van der Waals surface area (Å²) in [5.41, 5.74) is 0. The molecular weight excluding hydrogens is 212 g/mol. The third kappa shape index (κ3) is 3.67. The summed E-state index contributed by atoms with van der Waals surface area (Å²) in [5, 5.41) is 3.68. The molecule has 1 aliphatic heterocycles. The number of methoxy groups -OCH3 is 1. The van der Waals surface area contributed by atoms with Crippen molar-refractivity contribution in [3.05, 3.63) is 0 Å². The summed E-state index contributed by atoms with van der Waals surface area (Å²) in [6, 6.07) is 1.51. The van der Waals surface area contributed by atoms with Gasteiger partial charge in [0.25, 0.3) is 0 Å². The Hall–Kier alpha value is -0.120. The molecule has 1 saturated carbocycles. The van der Waals surface area contributed by atoms with E-state index in [1.165, 1.54) is 58.2 Å². The number of hydrogen-bond donors (Lipinski definition) is 1. The Labute approximate surface area is 106 Å². The average Bonchev–Trinajstić information content (AvgIpc) is 2.85. The molecule has 3 atom stereocenters. The first-order valence-corrected chi connectivity index (χ1v) is 7.33.